The van der Waals surface area contributed by atoms with Gasteiger partial charge in [0.05, 0.1) is 0 Å². The average Bonchev–Trinajstić information content (AvgIpc) is 2.68. The maximum Gasteiger partial charge on any atom is 0.325 e. The van der Waals surface area contributed by atoms with Gasteiger partial charge in [-0.2, -0.15) is 0 Å². The van der Waals surface area contributed by atoms with Crippen molar-refractivity contribution in [2.75, 3.05) is 13.1 Å². The minimum absolute atomic E-state index is 0.186. The van der Waals surface area contributed by atoms with Gasteiger partial charge in [0.1, 0.15) is 0 Å². The first-order valence-corrected chi connectivity index (χ1v) is 5.69. The Hall–Kier alpha value is -1.52. The molecule has 5 nitrogen and oxygen atoms in total. The van der Waals surface area contributed by atoms with Crippen LogP contribution < -0.4 is 10.6 Å². The second-order valence-electron chi connectivity index (χ2n) is 4.36. The molecule has 1 heterocycles. The summed E-state index contributed by atoms with van der Waals surface area (Å²) in [5.41, 5.74) is 1.25. The zero-order valence-corrected chi connectivity index (χ0v) is 9.29. The van der Waals surface area contributed by atoms with Crippen molar-refractivity contribution in [3.8, 4) is 0 Å². The number of nitrogens with zero attached hydrogens (tertiary/aromatic N) is 1. The van der Waals surface area contributed by atoms with Gasteiger partial charge >= 0.3 is 12.1 Å². The number of hydrogen-bond donors (Lipinski definition) is 2. The smallest absolute Gasteiger partial charge is 0.325 e. The molecule has 0 atom stereocenters. The molecular formula is C11H17N3O2. The van der Waals surface area contributed by atoms with Crippen molar-refractivity contribution in [3.05, 3.63) is 12.2 Å². The molecule has 16 heavy (non-hydrogen) atoms. The SMILES string of the molecule is C=C1CCC(NC(=O)N2CCNC2=O)CC1. The highest BCUT2D eigenvalue weighted by atomic mass is 16.2. The molecule has 5 heteroatoms. The van der Waals surface area contributed by atoms with Gasteiger partial charge < -0.3 is 10.6 Å². The quantitative estimate of drug-likeness (QED) is 0.656. The van der Waals surface area contributed by atoms with E-state index in [0.29, 0.717) is 13.1 Å². The van der Waals surface area contributed by atoms with E-state index in [1.807, 2.05) is 0 Å². The van der Waals surface area contributed by atoms with E-state index in [9.17, 15) is 9.59 Å². The number of carbonyl (C=O) groups is 2. The van der Waals surface area contributed by atoms with Gasteiger partial charge in [-0.15, -0.1) is 0 Å². The van der Waals surface area contributed by atoms with Crippen LogP contribution in [0.5, 0.6) is 0 Å². The lowest BCUT2D eigenvalue weighted by molar-refractivity contribution is 0.194. The highest BCUT2D eigenvalue weighted by Crippen LogP contribution is 2.21. The lowest BCUT2D eigenvalue weighted by Gasteiger charge is -2.25. The summed E-state index contributed by atoms with van der Waals surface area (Å²) in [5.74, 6) is 0. The molecule has 1 aliphatic carbocycles. The number of hydrogen-bond acceptors (Lipinski definition) is 2. The van der Waals surface area contributed by atoms with Gasteiger partial charge in [-0.1, -0.05) is 12.2 Å². The molecular weight excluding hydrogens is 206 g/mol. The van der Waals surface area contributed by atoms with Crippen LogP contribution >= 0.6 is 0 Å². The van der Waals surface area contributed by atoms with E-state index in [-0.39, 0.29) is 18.1 Å². The zero-order valence-electron chi connectivity index (χ0n) is 9.29. The van der Waals surface area contributed by atoms with Gasteiger partial charge in [-0.25, -0.2) is 14.5 Å². The van der Waals surface area contributed by atoms with E-state index < -0.39 is 0 Å². The largest absolute Gasteiger partial charge is 0.336 e. The second-order valence-corrected chi connectivity index (χ2v) is 4.36. The van der Waals surface area contributed by atoms with Crippen LogP contribution in [0.2, 0.25) is 0 Å². The van der Waals surface area contributed by atoms with Gasteiger partial charge in [-0.3, -0.25) is 0 Å². The number of imide groups is 1. The summed E-state index contributed by atoms with van der Waals surface area (Å²) in [7, 11) is 0. The van der Waals surface area contributed by atoms with Gasteiger partial charge in [0.15, 0.2) is 0 Å². The van der Waals surface area contributed by atoms with Gasteiger partial charge in [-0.05, 0) is 25.7 Å². The van der Waals surface area contributed by atoms with Gasteiger partial charge in [0.2, 0.25) is 0 Å². The normalized spacial score (nSPS) is 22.1. The molecule has 0 unspecified atom stereocenters. The average molecular weight is 223 g/mol. The van der Waals surface area contributed by atoms with Crippen molar-refractivity contribution in [1.29, 1.82) is 0 Å². The third kappa shape index (κ3) is 2.35. The van der Waals surface area contributed by atoms with Crippen LogP contribution in [-0.2, 0) is 0 Å². The van der Waals surface area contributed by atoms with E-state index >= 15 is 0 Å². The molecule has 2 N–H and O–H groups in total. The standard InChI is InChI=1S/C11H17N3O2/c1-8-2-4-9(5-3-8)13-11(16)14-7-6-12-10(14)15/h9H,1-7H2,(H,12,15)(H,13,16). The van der Waals surface area contributed by atoms with E-state index in [1.165, 1.54) is 10.5 Å². The number of nitrogens with one attached hydrogen (secondary N) is 2. The highest BCUT2D eigenvalue weighted by molar-refractivity contribution is 5.95. The van der Waals surface area contributed by atoms with Crippen LogP contribution in [0.4, 0.5) is 9.59 Å². The fraction of sp³-hybridized carbons (Fsp3) is 0.636. The van der Waals surface area contributed by atoms with Crippen molar-refractivity contribution >= 4 is 12.1 Å². The Labute approximate surface area is 94.9 Å². The van der Waals surface area contributed by atoms with Crippen molar-refractivity contribution in [2.24, 2.45) is 0 Å². The number of rotatable bonds is 1. The maximum absolute atomic E-state index is 11.7. The second kappa shape index (κ2) is 4.55. The molecule has 88 valence electrons. The first kappa shape index (κ1) is 11.0. The molecule has 0 radical (unpaired) electrons. The predicted molar refractivity (Wildman–Crippen MR) is 60.0 cm³/mol. The molecule has 0 aromatic carbocycles. The van der Waals surface area contributed by atoms with Crippen molar-refractivity contribution < 1.29 is 9.59 Å². The molecule has 2 aliphatic rings. The van der Waals surface area contributed by atoms with Gasteiger partial charge in [0.25, 0.3) is 0 Å². The summed E-state index contributed by atoms with van der Waals surface area (Å²) in [4.78, 5) is 24.2. The number of urea groups is 2. The first-order chi connectivity index (χ1) is 7.66. The van der Waals surface area contributed by atoms with Crippen LogP contribution in [0.1, 0.15) is 25.7 Å². The van der Waals surface area contributed by atoms with Crippen LogP contribution in [0, 0.1) is 0 Å². The van der Waals surface area contributed by atoms with E-state index in [2.05, 4.69) is 17.2 Å². The third-order valence-corrected chi connectivity index (χ3v) is 3.12. The molecule has 2 fully saturated rings. The summed E-state index contributed by atoms with van der Waals surface area (Å²) >= 11 is 0. The summed E-state index contributed by atoms with van der Waals surface area (Å²) in [6, 6.07) is -0.378. The number of allylic oxidation sites excluding steroid dienone is 1. The maximum atomic E-state index is 11.7. The first-order valence-electron chi connectivity index (χ1n) is 5.69. The minimum Gasteiger partial charge on any atom is -0.336 e. The third-order valence-electron chi connectivity index (χ3n) is 3.12. The number of carbonyl (C=O) groups excluding carboxylic acids is 2. The molecule has 0 bridgehead atoms. The fourth-order valence-electron chi connectivity index (χ4n) is 2.09. The molecule has 1 saturated carbocycles. The molecule has 0 aromatic rings. The highest BCUT2D eigenvalue weighted by Gasteiger charge is 2.28. The topological polar surface area (TPSA) is 61.4 Å². The molecule has 1 saturated heterocycles. The Morgan fingerprint density at radius 3 is 2.69 bits per heavy atom. The number of amides is 4. The Morgan fingerprint density at radius 1 is 1.44 bits per heavy atom. The van der Waals surface area contributed by atoms with Crippen molar-refractivity contribution in [2.45, 2.75) is 31.7 Å². The van der Waals surface area contributed by atoms with Crippen molar-refractivity contribution in [1.82, 2.24) is 15.5 Å². The molecule has 1 aliphatic heterocycles. The lowest BCUT2D eigenvalue weighted by atomic mass is 9.92. The summed E-state index contributed by atoms with van der Waals surface area (Å²) < 4.78 is 0. The van der Waals surface area contributed by atoms with E-state index in [1.54, 1.807) is 0 Å². The zero-order chi connectivity index (χ0) is 11.5. The van der Waals surface area contributed by atoms with Crippen LogP contribution in [-0.4, -0.2) is 36.1 Å². The molecule has 4 amide bonds. The van der Waals surface area contributed by atoms with Crippen LogP contribution in [0.3, 0.4) is 0 Å². The lowest BCUT2D eigenvalue weighted by Crippen LogP contribution is -2.46. The van der Waals surface area contributed by atoms with Crippen molar-refractivity contribution in [3.63, 3.8) is 0 Å². The van der Waals surface area contributed by atoms with Crippen LogP contribution in [0.25, 0.3) is 0 Å². The Morgan fingerprint density at radius 2 is 2.12 bits per heavy atom. The molecule has 2 rings (SSSR count). The summed E-state index contributed by atoms with van der Waals surface area (Å²) in [5, 5.41) is 5.50. The van der Waals surface area contributed by atoms with Crippen LogP contribution in [0.15, 0.2) is 12.2 Å². The minimum atomic E-state index is -0.294. The Kier molecular flexibility index (Phi) is 3.12. The predicted octanol–water partition coefficient (Wildman–Crippen LogP) is 1.22. The Bertz CT molecular complexity index is 317. The van der Waals surface area contributed by atoms with E-state index in [0.717, 1.165) is 25.7 Å². The van der Waals surface area contributed by atoms with Gasteiger partial charge in [0, 0.05) is 19.1 Å². The summed E-state index contributed by atoms with van der Waals surface area (Å²) in [6.07, 6.45) is 3.80. The molecule has 0 spiro atoms. The van der Waals surface area contributed by atoms with E-state index in [4.69, 9.17) is 0 Å². The monoisotopic (exact) mass is 223 g/mol. The Balaban J connectivity index is 1.83. The summed E-state index contributed by atoms with van der Waals surface area (Å²) in [6.45, 7) is 4.94. The molecule has 0 aromatic heterocycles. The fourth-order valence-corrected chi connectivity index (χ4v) is 2.09.